The van der Waals surface area contributed by atoms with Crippen LogP contribution < -0.4 is 10.6 Å². The first kappa shape index (κ1) is 10.3. The smallest absolute Gasteiger partial charge is 0.298 e. The van der Waals surface area contributed by atoms with Gasteiger partial charge in [-0.05, 0) is 18.2 Å². The van der Waals surface area contributed by atoms with Crippen molar-refractivity contribution in [1.82, 2.24) is 4.98 Å². The van der Waals surface area contributed by atoms with E-state index in [4.69, 9.17) is 10.2 Å². The lowest BCUT2D eigenvalue weighted by Gasteiger charge is -2.12. The van der Waals surface area contributed by atoms with Gasteiger partial charge in [0.1, 0.15) is 5.52 Å². The molecule has 1 aliphatic heterocycles. The van der Waals surface area contributed by atoms with E-state index in [0.29, 0.717) is 16.8 Å². The minimum absolute atomic E-state index is 0.159. The Kier molecular flexibility index (Phi) is 2.01. The summed E-state index contributed by atoms with van der Waals surface area (Å²) < 4.78 is 31.6. The van der Waals surface area contributed by atoms with E-state index in [1.807, 2.05) is 0 Å². The normalized spacial score (nSPS) is 19.1. The third-order valence-corrected chi connectivity index (χ3v) is 2.84. The molecule has 0 atom stereocenters. The summed E-state index contributed by atoms with van der Waals surface area (Å²) in [6.45, 7) is -0.0788. The summed E-state index contributed by atoms with van der Waals surface area (Å²) >= 11 is 0. The number of hydrogen-bond acceptors (Lipinski definition) is 4. The van der Waals surface area contributed by atoms with Crippen molar-refractivity contribution >= 4 is 22.8 Å². The van der Waals surface area contributed by atoms with Gasteiger partial charge in [0.25, 0.3) is 11.9 Å². The highest BCUT2D eigenvalue weighted by Crippen LogP contribution is 2.32. The SMILES string of the molecule is Nc1ccc2oc(N3CCC(F)(F)C3)nc2c1. The largest absolute Gasteiger partial charge is 0.423 e. The third-order valence-electron chi connectivity index (χ3n) is 2.84. The Bertz CT molecular complexity index is 567. The summed E-state index contributed by atoms with van der Waals surface area (Å²) in [5.41, 5.74) is 7.34. The van der Waals surface area contributed by atoms with E-state index in [2.05, 4.69) is 4.98 Å². The van der Waals surface area contributed by atoms with Crippen LogP contribution in [0.5, 0.6) is 0 Å². The predicted octanol–water partition coefficient (Wildman–Crippen LogP) is 2.26. The van der Waals surface area contributed by atoms with Crippen molar-refractivity contribution in [3.8, 4) is 0 Å². The zero-order valence-electron chi connectivity index (χ0n) is 8.99. The molecule has 90 valence electrons. The van der Waals surface area contributed by atoms with Gasteiger partial charge in [-0.2, -0.15) is 4.98 Å². The topological polar surface area (TPSA) is 55.3 Å². The van der Waals surface area contributed by atoms with Gasteiger partial charge < -0.3 is 15.1 Å². The average molecular weight is 239 g/mol. The molecule has 0 bridgehead atoms. The molecule has 1 fully saturated rings. The Balaban J connectivity index is 1.96. The number of anilines is 2. The van der Waals surface area contributed by atoms with Gasteiger partial charge in [-0.15, -0.1) is 0 Å². The number of nitrogen functional groups attached to an aromatic ring is 1. The molecule has 1 aromatic carbocycles. The molecular formula is C11H11F2N3O. The van der Waals surface area contributed by atoms with Crippen LogP contribution in [0.2, 0.25) is 0 Å². The van der Waals surface area contributed by atoms with Crippen LogP contribution in [0, 0.1) is 0 Å². The van der Waals surface area contributed by atoms with Crippen LogP contribution in [-0.4, -0.2) is 24.0 Å². The lowest BCUT2D eigenvalue weighted by Crippen LogP contribution is -2.24. The van der Waals surface area contributed by atoms with Gasteiger partial charge in [-0.25, -0.2) is 8.78 Å². The highest BCUT2D eigenvalue weighted by molar-refractivity contribution is 5.78. The summed E-state index contributed by atoms with van der Waals surface area (Å²) in [6, 6.07) is 5.28. The molecule has 2 aromatic rings. The quantitative estimate of drug-likeness (QED) is 0.775. The Morgan fingerprint density at radius 1 is 1.41 bits per heavy atom. The van der Waals surface area contributed by atoms with Crippen LogP contribution in [0.4, 0.5) is 20.5 Å². The molecule has 0 amide bonds. The molecule has 1 saturated heterocycles. The van der Waals surface area contributed by atoms with Crippen molar-refractivity contribution in [2.75, 3.05) is 23.7 Å². The van der Waals surface area contributed by atoms with Crippen LogP contribution in [0.25, 0.3) is 11.1 Å². The van der Waals surface area contributed by atoms with Crippen LogP contribution in [0.3, 0.4) is 0 Å². The molecule has 4 nitrogen and oxygen atoms in total. The fourth-order valence-corrected chi connectivity index (χ4v) is 1.97. The van der Waals surface area contributed by atoms with Gasteiger partial charge in [0, 0.05) is 18.7 Å². The number of alkyl halides is 2. The second-order valence-electron chi connectivity index (χ2n) is 4.25. The second-order valence-corrected chi connectivity index (χ2v) is 4.25. The minimum Gasteiger partial charge on any atom is -0.423 e. The maximum absolute atomic E-state index is 13.1. The monoisotopic (exact) mass is 239 g/mol. The van der Waals surface area contributed by atoms with Crippen molar-refractivity contribution in [2.24, 2.45) is 0 Å². The number of nitrogens with zero attached hydrogens (tertiary/aromatic N) is 2. The lowest BCUT2D eigenvalue weighted by atomic mass is 10.3. The van der Waals surface area contributed by atoms with Gasteiger partial charge in [0.05, 0.1) is 6.54 Å². The Morgan fingerprint density at radius 2 is 2.24 bits per heavy atom. The highest BCUT2D eigenvalue weighted by Gasteiger charge is 2.39. The first-order valence-corrected chi connectivity index (χ1v) is 5.32. The van der Waals surface area contributed by atoms with E-state index in [0.717, 1.165) is 0 Å². The number of fused-ring (bicyclic) bond motifs is 1. The number of nitrogens with two attached hydrogens (primary N) is 1. The van der Waals surface area contributed by atoms with Gasteiger partial charge >= 0.3 is 0 Å². The van der Waals surface area contributed by atoms with E-state index in [1.54, 1.807) is 18.2 Å². The number of benzene rings is 1. The molecule has 0 radical (unpaired) electrons. The Labute approximate surface area is 96.0 Å². The van der Waals surface area contributed by atoms with Crippen LogP contribution in [0.15, 0.2) is 22.6 Å². The van der Waals surface area contributed by atoms with E-state index >= 15 is 0 Å². The molecule has 6 heteroatoms. The zero-order valence-corrected chi connectivity index (χ0v) is 8.99. The predicted molar refractivity (Wildman–Crippen MR) is 60.2 cm³/mol. The molecule has 2 N–H and O–H groups in total. The van der Waals surface area contributed by atoms with Gasteiger partial charge in [0.15, 0.2) is 5.58 Å². The van der Waals surface area contributed by atoms with Crippen molar-refractivity contribution < 1.29 is 13.2 Å². The summed E-state index contributed by atoms with van der Waals surface area (Å²) in [5.74, 6) is -2.65. The van der Waals surface area contributed by atoms with Crippen LogP contribution >= 0.6 is 0 Å². The number of rotatable bonds is 1. The van der Waals surface area contributed by atoms with E-state index < -0.39 is 5.92 Å². The number of halogens is 2. The van der Waals surface area contributed by atoms with Crippen LogP contribution in [0.1, 0.15) is 6.42 Å². The summed E-state index contributed by atoms with van der Waals surface area (Å²) in [6.07, 6.45) is -0.159. The van der Waals surface area contributed by atoms with Crippen molar-refractivity contribution in [3.63, 3.8) is 0 Å². The molecule has 3 rings (SSSR count). The zero-order chi connectivity index (χ0) is 12.0. The Morgan fingerprint density at radius 3 is 2.94 bits per heavy atom. The van der Waals surface area contributed by atoms with Crippen molar-refractivity contribution in [3.05, 3.63) is 18.2 Å². The molecule has 2 heterocycles. The van der Waals surface area contributed by atoms with E-state index in [9.17, 15) is 8.78 Å². The summed E-state index contributed by atoms with van der Waals surface area (Å²) in [7, 11) is 0. The number of aromatic nitrogens is 1. The number of hydrogen-bond donors (Lipinski definition) is 1. The molecule has 0 spiro atoms. The van der Waals surface area contributed by atoms with E-state index in [1.165, 1.54) is 4.90 Å². The minimum atomic E-state index is -2.65. The standard InChI is InChI=1S/C11H11F2N3O/c12-11(13)3-4-16(6-11)10-15-8-5-7(14)1-2-9(8)17-10/h1-2,5H,3-4,6,14H2. The molecule has 0 unspecified atom stereocenters. The average Bonchev–Trinajstić information content (AvgIpc) is 2.80. The molecular weight excluding hydrogens is 228 g/mol. The van der Waals surface area contributed by atoms with Crippen molar-refractivity contribution in [1.29, 1.82) is 0 Å². The molecule has 17 heavy (non-hydrogen) atoms. The second kappa shape index (κ2) is 3.32. The summed E-state index contributed by atoms with van der Waals surface area (Å²) in [4.78, 5) is 5.62. The molecule has 1 aromatic heterocycles. The fraction of sp³-hybridized carbons (Fsp3) is 0.364. The van der Waals surface area contributed by atoms with E-state index in [-0.39, 0.29) is 25.5 Å². The lowest BCUT2D eigenvalue weighted by molar-refractivity contribution is 0.0254. The molecule has 0 saturated carbocycles. The Hall–Kier alpha value is -1.85. The van der Waals surface area contributed by atoms with Gasteiger partial charge in [0.2, 0.25) is 0 Å². The van der Waals surface area contributed by atoms with Gasteiger partial charge in [-0.1, -0.05) is 0 Å². The summed E-state index contributed by atoms with van der Waals surface area (Å²) in [5, 5.41) is 0. The maximum atomic E-state index is 13.1. The number of oxazole rings is 1. The fourth-order valence-electron chi connectivity index (χ4n) is 1.97. The molecule has 1 aliphatic rings. The highest BCUT2D eigenvalue weighted by atomic mass is 19.3. The van der Waals surface area contributed by atoms with Gasteiger partial charge in [-0.3, -0.25) is 0 Å². The third kappa shape index (κ3) is 1.79. The molecule has 0 aliphatic carbocycles. The maximum Gasteiger partial charge on any atom is 0.298 e. The first-order chi connectivity index (χ1) is 8.03. The first-order valence-electron chi connectivity index (χ1n) is 5.32. The van der Waals surface area contributed by atoms with Crippen molar-refractivity contribution in [2.45, 2.75) is 12.3 Å². The van der Waals surface area contributed by atoms with Crippen LogP contribution in [-0.2, 0) is 0 Å².